The van der Waals surface area contributed by atoms with Crippen molar-refractivity contribution in [2.24, 2.45) is 0 Å². The van der Waals surface area contributed by atoms with Gasteiger partial charge in [-0.1, -0.05) is 35.8 Å². The molecule has 1 aromatic heterocycles. The normalized spacial score (nSPS) is 11.4. The van der Waals surface area contributed by atoms with Crippen molar-refractivity contribution in [3.8, 4) is 5.75 Å². The quantitative estimate of drug-likeness (QED) is 0.509. The van der Waals surface area contributed by atoms with E-state index in [1.54, 1.807) is 6.92 Å². The molecule has 0 spiro atoms. The fourth-order valence-electron chi connectivity index (χ4n) is 2.70. The first-order chi connectivity index (χ1) is 14.2. The second-order valence-electron chi connectivity index (χ2n) is 6.50. The highest BCUT2D eigenvalue weighted by atomic mass is 35.5. The van der Waals surface area contributed by atoms with E-state index >= 15 is 0 Å². The van der Waals surface area contributed by atoms with Crippen LogP contribution in [-0.2, 0) is 19.2 Å². The number of benzene rings is 2. The lowest BCUT2D eigenvalue weighted by molar-refractivity contribution is -0.137. The van der Waals surface area contributed by atoms with E-state index in [9.17, 15) is 18.0 Å². The lowest BCUT2D eigenvalue weighted by Crippen LogP contribution is -2.16. The van der Waals surface area contributed by atoms with Crippen LogP contribution >= 0.6 is 11.6 Å². The van der Waals surface area contributed by atoms with Crippen LogP contribution in [0.5, 0.6) is 5.75 Å². The van der Waals surface area contributed by atoms with Gasteiger partial charge in [0.15, 0.2) is 5.69 Å². The minimum Gasteiger partial charge on any atom is -0.489 e. The first kappa shape index (κ1) is 21.7. The zero-order chi connectivity index (χ0) is 21.9. The summed E-state index contributed by atoms with van der Waals surface area (Å²) in [5.74, 6) is 0.202. The maximum absolute atomic E-state index is 12.9. The Kier molecular flexibility index (Phi) is 6.36. The van der Waals surface area contributed by atoms with Crippen LogP contribution in [0.1, 0.15) is 39.9 Å². The van der Waals surface area contributed by atoms with Gasteiger partial charge in [0.05, 0.1) is 21.8 Å². The molecule has 0 fully saturated rings. The number of hydrogen-bond acceptors (Lipinski definition) is 4. The molecule has 0 bridgehead atoms. The summed E-state index contributed by atoms with van der Waals surface area (Å²) in [4.78, 5) is 12.6. The smallest absolute Gasteiger partial charge is 0.416 e. The molecule has 0 aliphatic heterocycles. The summed E-state index contributed by atoms with van der Waals surface area (Å²) in [5, 5.41) is 6.04. The standard InChI is InChI=1S/C21H18ClF3N2O3/c1-3-13-4-7-15(8-5-13)29-11-16-12(2)30-27-19(16)20(28)26-18-10-14(21(23,24)25)6-9-17(18)22/h4-10H,3,11H2,1-2H3,(H,26,28). The topological polar surface area (TPSA) is 64.4 Å². The number of carbonyl (C=O) groups is 1. The van der Waals surface area contributed by atoms with Crippen molar-refractivity contribution < 1.29 is 27.2 Å². The minimum atomic E-state index is -4.57. The molecule has 0 saturated heterocycles. The van der Waals surface area contributed by atoms with Crippen LogP contribution in [0.2, 0.25) is 5.02 Å². The Bertz CT molecular complexity index is 1050. The third-order valence-electron chi connectivity index (χ3n) is 4.46. The first-order valence-corrected chi connectivity index (χ1v) is 9.41. The summed E-state index contributed by atoms with van der Waals surface area (Å²) in [7, 11) is 0. The van der Waals surface area contributed by atoms with E-state index in [2.05, 4.69) is 10.5 Å². The number of nitrogens with one attached hydrogen (secondary N) is 1. The Morgan fingerprint density at radius 3 is 2.53 bits per heavy atom. The summed E-state index contributed by atoms with van der Waals surface area (Å²) in [6.07, 6.45) is -3.67. The molecule has 1 heterocycles. The highest BCUT2D eigenvalue weighted by Gasteiger charge is 2.31. The fraction of sp³-hybridized carbons (Fsp3) is 0.238. The largest absolute Gasteiger partial charge is 0.489 e. The van der Waals surface area contributed by atoms with Crippen LogP contribution in [0.3, 0.4) is 0 Å². The number of ether oxygens (including phenoxy) is 1. The molecule has 3 rings (SSSR count). The summed E-state index contributed by atoms with van der Waals surface area (Å²) in [6, 6.07) is 10.1. The van der Waals surface area contributed by atoms with E-state index in [-0.39, 0.29) is 23.0 Å². The number of rotatable bonds is 6. The van der Waals surface area contributed by atoms with Crippen molar-refractivity contribution in [2.45, 2.75) is 33.1 Å². The predicted molar refractivity (Wildman–Crippen MR) is 106 cm³/mol. The highest BCUT2D eigenvalue weighted by Crippen LogP contribution is 2.34. The van der Waals surface area contributed by atoms with Crippen LogP contribution in [0, 0.1) is 6.92 Å². The van der Waals surface area contributed by atoms with Crippen molar-refractivity contribution in [3.63, 3.8) is 0 Å². The van der Waals surface area contributed by atoms with Gasteiger partial charge in [-0.05, 0) is 49.2 Å². The zero-order valence-electron chi connectivity index (χ0n) is 16.1. The molecule has 0 aliphatic rings. The van der Waals surface area contributed by atoms with Crippen LogP contribution < -0.4 is 10.1 Å². The molecule has 30 heavy (non-hydrogen) atoms. The number of hydrogen-bond donors (Lipinski definition) is 1. The summed E-state index contributed by atoms with van der Waals surface area (Å²) in [6.45, 7) is 3.65. The van der Waals surface area contributed by atoms with Gasteiger partial charge in [0.2, 0.25) is 0 Å². The van der Waals surface area contributed by atoms with Crippen LogP contribution in [0.15, 0.2) is 47.0 Å². The lowest BCUT2D eigenvalue weighted by Gasteiger charge is -2.11. The summed E-state index contributed by atoms with van der Waals surface area (Å²) in [5.41, 5.74) is 0.333. The van der Waals surface area contributed by atoms with Crippen molar-refractivity contribution in [1.29, 1.82) is 0 Å². The van der Waals surface area contributed by atoms with Crippen molar-refractivity contribution in [3.05, 3.63) is 75.6 Å². The monoisotopic (exact) mass is 438 g/mol. The van der Waals surface area contributed by atoms with Gasteiger partial charge in [0.1, 0.15) is 18.1 Å². The van der Waals surface area contributed by atoms with Crippen molar-refractivity contribution in [1.82, 2.24) is 5.16 Å². The molecule has 0 radical (unpaired) electrons. The average molecular weight is 439 g/mol. The maximum Gasteiger partial charge on any atom is 0.416 e. The van der Waals surface area contributed by atoms with Gasteiger partial charge in [0.25, 0.3) is 5.91 Å². The minimum absolute atomic E-state index is 0.000118. The summed E-state index contributed by atoms with van der Waals surface area (Å²) >= 11 is 5.94. The van der Waals surface area contributed by atoms with Crippen LogP contribution in [0.25, 0.3) is 0 Å². The average Bonchev–Trinajstić information content (AvgIpc) is 3.08. The van der Waals surface area contributed by atoms with Gasteiger partial charge >= 0.3 is 6.18 Å². The molecule has 1 amide bonds. The first-order valence-electron chi connectivity index (χ1n) is 9.04. The number of aromatic nitrogens is 1. The van der Waals surface area contributed by atoms with Crippen molar-refractivity contribution >= 4 is 23.2 Å². The zero-order valence-corrected chi connectivity index (χ0v) is 16.9. The number of carbonyl (C=O) groups excluding carboxylic acids is 1. The Labute approximate surface area is 175 Å². The van der Waals surface area contributed by atoms with Gasteiger partial charge in [-0.2, -0.15) is 13.2 Å². The maximum atomic E-state index is 12.9. The number of alkyl halides is 3. The highest BCUT2D eigenvalue weighted by molar-refractivity contribution is 6.34. The molecular formula is C21H18ClF3N2O3. The fourth-order valence-corrected chi connectivity index (χ4v) is 2.86. The molecule has 3 aromatic rings. The van der Waals surface area contributed by atoms with E-state index in [0.29, 0.717) is 17.1 Å². The van der Waals surface area contributed by atoms with Gasteiger partial charge in [0, 0.05) is 0 Å². The number of anilines is 1. The molecule has 158 valence electrons. The van der Waals surface area contributed by atoms with Gasteiger partial charge < -0.3 is 14.6 Å². The van der Waals surface area contributed by atoms with Gasteiger partial charge in [-0.15, -0.1) is 0 Å². The molecule has 0 atom stereocenters. The molecule has 1 N–H and O–H groups in total. The third kappa shape index (κ3) is 4.94. The number of nitrogens with zero attached hydrogens (tertiary/aromatic N) is 1. The van der Waals surface area contributed by atoms with Crippen LogP contribution in [-0.4, -0.2) is 11.1 Å². The lowest BCUT2D eigenvalue weighted by atomic mass is 10.1. The van der Waals surface area contributed by atoms with E-state index in [1.165, 1.54) is 0 Å². The van der Waals surface area contributed by atoms with Gasteiger partial charge in [-0.25, -0.2) is 0 Å². The second kappa shape index (κ2) is 8.79. The number of aryl methyl sites for hydroxylation is 2. The van der Waals surface area contributed by atoms with Crippen molar-refractivity contribution in [2.75, 3.05) is 5.32 Å². The van der Waals surface area contributed by atoms with E-state index in [4.69, 9.17) is 20.9 Å². The Morgan fingerprint density at radius 1 is 1.20 bits per heavy atom. The second-order valence-corrected chi connectivity index (χ2v) is 6.91. The molecule has 0 unspecified atom stereocenters. The molecule has 9 heteroatoms. The van der Waals surface area contributed by atoms with Crippen LogP contribution in [0.4, 0.5) is 18.9 Å². The predicted octanol–water partition coefficient (Wildman–Crippen LogP) is 6.05. The van der Waals surface area contributed by atoms with E-state index in [1.807, 2.05) is 31.2 Å². The molecular weight excluding hydrogens is 421 g/mol. The van der Waals surface area contributed by atoms with E-state index in [0.717, 1.165) is 30.2 Å². The SMILES string of the molecule is CCc1ccc(OCc2c(C(=O)Nc3cc(C(F)(F)F)ccc3Cl)noc2C)cc1. The Balaban J connectivity index is 1.77. The Morgan fingerprint density at radius 2 is 1.90 bits per heavy atom. The molecule has 2 aromatic carbocycles. The molecule has 0 saturated carbocycles. The van der Waals surface area contributed by atoms with Gasteiger partial charge in [-0.3, -0.25) is 4.79 Å². The Hall–Kier alpha value is -3.00. The molecule has 5 nitrogen and oxygen atoms in total. The summed E-state index contributed by atoms with van der Waals surface area (Å²) < 4.78 is 49.6. The number of amides is 1. The van der Waals surface area contributed by atoms with E-state index < -0.39 is 17.6 Å². The molecule has 0 aliphatic carbocycles. The third-order valence-corrected chi connectivity index (χ3v) is 4.79. The number of halogens is 4.